The summed E-state index contributed by atoms with van der Waals surface area (Å²) in [6.07, 6.45) is 2.09. The number of carbonyl (C=O) groups excluding carboxylic acids is 1. The van der Waals surface area contributed by atoms with Crippen LogP contribution in [0.25, 0.3) is 0 Å². The van der Waals surface area contributed by atoms with Crippen molar-refractivity contribution in [1.82, 2.24) is 0 Å². The van der Waals surface area contributed by atoms with Gasteiger partial charge in [0.2, 0.25) is 0 Å². The zero-order valence-electron chi connectivity index (χ0n) is 17.7. The fourth-order valence-corrected chi connectivity index (χ4v) is 4.92. The Morgan fingerprint density at radius 3 is 2.00 bits per heavy atom. The maximum atomic E-state index is 12.6. The van der Waals surface area contributed by atoms with Crippen LogP contribution in [0.15, 0.2) is 72.5 Å². The summed E-state index contributed by atoms with van der Waals surface area (Å²) >= 11 is 0. The summed E-state index contributed by atoms with van der Waals surface area (Å²) in [6, 6.07) is 19.8. The lowest BCUT2D eigenvalue weighted by Gasteiger charge is -2.22. The first kappa shape index (κ1) is 22.9. The van der Waals surface area contributed by atoms with E-state index in [0.717, 1.165) is 10.4 Å². The number of hydrogen-bond acceptors (Lipinski definition) is 4. The average molecular weight is 412 g/mol. The van der Waals surface area contributed by atoms with Gasteiger partial charge in [-0.05, 0) is 41.6 Å². The number of esters is 1. The van der Waals surface area contributed by atoms with E-state index in [2.05, 4.69) is 20.8 Å². The van der Waals surface area contributed by atoms with Crippen LogP contribution >= 0.6 is 0 Å². The molecule has 1 N–H and O–H groups in total. The highest BCUT2D eigenvalue weighted by molar-refractivity contribution is 6.80. The van der Waals surface area contributed by atoms with Gasteiger partial charge in [-0.2, -0.15) is 0 Å². The fourth-order valence-electron chi connectivity index (χ4n) is 2.98. The SMILES string of the molecule is CCOC(=O)/C(=C\C[C@H](O)CC(C)(C)C)O[Si](c1ccccc1)c1ccccc1. The van der Waals surface area contributed by atoms with Crippen LogP contribution in [0.5, 0.6) is 0 Å². The Kier molecular flexibility index (Phi) is 8.67. The molecule has 0 saturated carbocycles. The fraction of sp³-hybridized carbons (Fsp3) is 0.375. The molecule has 0 aliphatic rings. The highest BCUT2D eigenvalue weighted by Crippen LogP contribution is 2.22. The molecule has 0 aromatic heterocycles. The van der Waals surface area contributed by atoms with Crippen molar-refractivity contribution >= 4 is 25.4 Å². The van der Waals surface area contributed by atoms with Crippen LogP contribution in [-0.4, -0.2) is 32.8 Å². The van der Waals surface area contributed by atoms with Gasteiger partial charge in [-0.25, -0.2) is 4.79 Å². The third-order valence-corrected chi connectivity index (χ3v) is 6.32. The topological polar surface area (TPSA) is 55.8 Å². The molecule has 0 saturated heterocycles. The number of benzene rings is 2. The van der Waals surface area contributed by atoms with E-state index in [4.69, 9.17) is 9.16 Å². The molecule has 5 heteroatoms. The second-order valence-corrected chi connectivity index (χ2v) is 10.1. The smallest absolute Gasteiger partial charge is 0.371 e. The van der Waals surface area contributed by atoms with E-state index < -0.39 is 21.1 Å². The maximum Gasteiger partial charge on any atom is 0.371 e. The Morgan fingerprint density at radius 2 is 1.55 bits per heavy atom. The normalized spacial score (nSPS) is 13.2. The van der Waals surface area contributed by atoms with Crippen molar-refractivity contribution in [1.29, 1.82) is 0 Å². The van der Waals surface area contributed by atoms with Gasteiger partial charge >= 0.3 is 15.0 Å². The number of rotatable bonds is 9. The number of hydrogen-bond donors (Lipinski definition) is 1. The molecule has 1 radical (unpaired) electrons. The lowest BCUT2D eigenvalue weighted by atomic mass is 9.88. The summed E-state index contributed by atoms with van der Waals surface area (Å²) < 4.78 is 11.5. The van der Waals surface area contributed by atoms with Crippen LogP contribution in [0.4, 0.5) is 0 Å². The predicted molar refractivity (Wildman–Crippen MR) is 118 cm³/mol. The van der Waals surface area contributed by atoms with Crippen LogP contribution in [0.3, 0.4) is 0 Å². The van der Waals surface area contributed by atoms with Crippen molar-refractivity contribution in [2.75, 3.05) is 6.61 Å². The molecular formula is C24H31O4Si. The Bertz CT molecular complexity index is 742. The van der Waals surface area contributed by atoms with E-state index in [1.807, 2.05) is 60.7 Å². The summed E-state index contributed by atoms with van der Waals surface area (Å²) in [4.78, 5) is 12.6. The van der Waals surface area contributed by atoms with Crippen molar-refractivity contribution in [2.24, 2.45) is 5.41 Å². The van der Waals surface area contributed by atoms with E-state index in [0.29, 0.717) is 12.8 Å². The second kappa shape index (κ2) is 11.0. The molecule has 0 heterocycles. The lowest BCUT2D eigenvalue weighted by molar-refractivity contribution is -0.141. The lowest BCUT2D eigenvalue weighted by Crippen LogP contribution is -2.45. The first-order valence-corrected chi connectivity index (χ1v) is 11.4. The van der Waals surface area contributed by atoms with Crippen LogP contribution in [0, 0.1) is 5.41 Å². The summed E-state index contributed by atoms with van der Waals surface area (Å²) in [5.74, 6) is -0.328. The summed E-state index contributed by atoms with van der Waals surface area (Å²) in [6.45, 7) is 8.27. The molecule has 0 unspecified atom stereocenters. The predicted octanol–water partition coefficient (Wildman–Crippen LogP) is 3.44. The van der Waals surface area contributed by atoms with Gasteiger partial charge in [0.05, 0.1) is 12.7 Å². The number of carbonyl (C=O) groups is 1. The zero-order valence-corrected chi connectivity index (χ0v) is 18.7. The Balaban J connectivity index is 2.30. The molecule has 155 valence electrons. The summed E-state index contributed by atoms with van der Waals surface area (Å²) in [5.41, 5.74) is 0.00122. The second-order valence-electron chi connectivity index (χ2n) is 8.11. The molecule has 2 rings (SSSR count). The minimum absolute atomic E-state index is 0.00122. The molecule has 29 heavy (non-hydrogen) atoms. The van der Waals surface area contributed by atoms with Gasteiger partial charge < -0.3 is 14.3 Å². The summed E-state index contributed by atoms with van der Waals surface area (Å²) in [5, 5.41) is 12.4. The first-order chi connectivity index (χ1) is 13.8. The van der Waals surface area contributed by atoms with Crippen molar-refractivity contribution in [3.05, 3.63) is 72.5 Å². The molecule has 0 bridgehead atoms. The minimum Gasteiger partial charge on any atom is -0.528 e. The third-order valence-electron chi connectivity index (χ3n) is 4.18. The van der Waals surface area contributed by atoms with E-state index in [9.17, 15) is 9.90 Å². The first-order valence-electron chi connectivity index (χ1n) is 10.0. The highest BCUT2D eigenvalue weighted by Gasteiger charge is 2.26. The van der Waals surface area contributed by atoms with Gasteiger partial charge in [0.15, 0.2) is 5.76 Å². The average Bonchev–Trinajstić information content (AvgIpc) is 2.68. The van der Waals surface area contributed by atoms with Crippen molar-refractivity contribution < 1.29 is 19.1 Å². The van der Waals surface area contributed by atoms with Gasteiger partial charge in [-0.3, -0.25) is 0 Å². The Morgan fingerprint density at radius 1 is 1.03 bits per heavy atom. The molecule has 2 aromatic carbocycles. The third kappa shape index (κ3) is 7.87. The molecule has 4 nitrogen and oxygen atoms in total. The van der Waals surface area contributed by atoms with Gasteiger partial charge in [-0.1, -0.05) is 81.4 Å². The van der Waals surface area contributed by atoms with E-state index >= 15 is 0 Å². The van der Waals surface area contributed by atoms with Crippen LogP contribution < -0.4 is 10.4 Å². The van der Waals surface area contributed by atoms with Gasteiger partial charge in [0.1, 0.15) is 0 Å². The van der Waals surface area contributed by atoms with Crippen molar-refractivity contribution in [3.8, 4) is 0 Å². The number of aliphatic hydroxyl groups is 1. The molecular weight excluding hydrogens is 380 g/mol. The quantitative estimate of drug-likeness (QED) is 0.297. The largest absolute Gasteiger partial charge is 0.528 e. The number of ether oxygens (including phenoxy) is 1. The van der Waals surface area contributed by atoms with Crippen LogP contribution in [0.1, 0.15) is 40.5 Å². The molecule has 2 aromatic rings. The van der Waals surface area contributed by atoms with Crippen molar-refractivity contribution in [2.45, 2.75) is 46.6 Å². The number of aliphatic hydroxyl groups excluding tert-OH is 1. The van der Waals surface area contributed by atoms with E-state index in [1.54, 1.807) is 13.0 Å². The Hall–Kier alpha value is -2.37. The highest BCUT2D eigenvalue weighted by atomic mass is 28.3. The van der Waals surface area contributed by atoms with Crippen molar-refractivity contribution in [3.63, 3.8) is 0 Å². The molecule has 0 fully saturated rings. The van der Waals surface area contributed by atoms with Gasteiger partial charge in [-0.15, -0.1) is 0 Å². The standard InChI is InChI=1S/C24H31O4Si/c1-5-27-23(26)22(17-16-19(25)18-24(2,3)4)28-29(20-12-8-6-9-13-20)21-14-10-7-11-15-21/h6-15,17,19,25H,5,16,18H2,1-4H3/b22-17+/t19-/m0/s1. The zero-order chi connectivity index (χ0) is 21.3. The minimum atomic E-state index is -1.69. The van der Waals surface area contributed by atoms with Gasteiger partial charge in [0, 0.05) is 0 Å². The molecule has 0 aliphatic carbocycles. The molecule has 0 spiro atoms. The van der Waals surface area contributed by atoms with Crippen LogP contribution in [-0.2, 0) is 14.0 Å². The Labute approximate surface area is 175 Å². The monoisotopic (exact) mass is 411 g/mol. The maximum absolute atomic E-state index is 12.6. The van der Waals surface area contributed by atoms with Crippen LogP contribution in [0.2, 0.25) is 0 Å². The molecule has 1 atom stereocenters. The van der Waals surface area contributed by atoms with E-state index in [1.165, 1.54) is 0 Å². The molecule has 0 amide bonds. The van der Waals surface area contributed by atoms with Gasteiger partial charge in [0.25, 0.3) is 0 Å². The summed E-state index contributed by atoms with van der Waals surface area (Å²) in [7, 11) is -1.69. The molecule has 0 aliphatic heterocycles. The van der Waals surface area contributed by atoms with E-state index in [-0.39, 0.29) is 17.8 Å².